The summed E-state index contributed by atoms with van der Waals surface area (Å²) in [6, 6.07) is 58.0. The van der Waals surface area contributed by atoms with E-state index in [0.29, 0.717) is 78.7 Å². The summed E-state index contributed by atoms with van der Waals surface area (Å²) in [5, 5.41) is 16.4. The van der Waals surface area contributed by atoms with Gasteiger partial charge < -0.3 is 33.4 Å². The van der Waals surface area contributed by atoms with Crippen LogP contribution in [0.1, 0.15) is 237 Å². The highest BCUT2D eigenvalue weighted by Gasteiger charge is 2.48. The van der Waals surface area contributed by atoms with Gasteiger partial charge in [0.15, 0.2) is 22.9 Å². The van der Waals surface area contributed by atoms with Crippen LogP contribution >= 0.6 is 0 Å². The standard InChI is InChI=1S/C51H53N9O5.C30H30N6.C22H26N2O6/c52-45-38(17-9-30-55-45)46-57-41-24-23-39(56-47(41)59(46)35-21-19-34(20-22-35)51(53)27-10-28-51)33-13-6-11-32(31-33)12-7-15-36(61)14-4-2-1-3-5-29-54-40-18-8-16-37-44(40)50(65)60(49(37)64)42-25-26-43(62)58-48(42)63;1-30(15-4-16-30)22-8-10-23(11-9-22)36-28(24-7-3-18-33-27(24)32)35-26-13-12-25(34-29(26)36)21-6-2-5-20(19-21)14-17-31;25-17-13-12-16(20(28)23-17)24-21(29)15-10-7-9-14(19(15)22(24)30)8-5-3-1-2-4-6-11-18(26)27/h6,8-9,11,13,16-24,30-31,42,54H,1-5,7,10,12,14-15,25-29,53H2,(H2,52,55)(H,58,62,63);2-3,5-13,18-19H,4,14-17,31H2,1H3,(H2,32,33);7,9-10,16H,1-6,8,11-13H2,(H,26,27)(H,23,25,28). The zero-order valence-corrected chi connectivity index (χ0v) is 73.7. The first kappa shape index (κ1) is 90.2. The zero-order chi connectivity index (χ0) is 91.5. The van der Waals surface area contributed by atoms with Crippen LogP contribution < -0.4 is 38.9 Å². The number of aryl methyl sites for hydroxylation is 2. The maximum Gasteiger partial charge on any atom is 0.303 e. The molecule has 18 rings (SSSR count). The van der Waals surface area contributed by atoms with E-state index >= 15 is 0 Å². The van der Waals surface area contributed by atoms with Crippen LogP contribution in [0.3, 0.4) is 0 Å². The van der Waals surface area contributed by atoms with Crippen molar-refractivity contribution in [1.82, 2.24) is 59.5 Å². The number of imide groups is 4. The maximum atomic E-state index is 13.3. The number of carboxylic acids is 1. The van der Waals surface area contributed by atoms with Gasteiger partial charge in [0.1, 0.15) is 40.5 Å². The summed E-state index contributed by atoms with van der Waals surface area (Å²) in [5.41, 5.74) is 42.8. The second kappa shape index (κ2) is 40.3. The van der Waals surface area contributed by atoms with Gasteiger partial charge in [0, 0.05) is 84.8 Å². The third kappa shape index (κ3) is 19.9. The van der Waals surface area contributed by atoms with Crippen LogP contribution in [0, 0.1) is 0 Å². The van der Waals surface area contributed by atoms with Gasteiger partial charge >= 0.3 is 5.97 Å². The Kier molecular flexibility index (Phi) is 27.7. The Bertz CT molecular complexity index is 6370. The normalized spacial score (nSPS) is 16.5. The molecule has 28 heteroatoms. The molecule has 672 valence electrons. The van der Waals surface area contributed by atoms with Gasteiger partial charge in [0.05, 0.1) is 44.8 Å². The van der Waals surface area contributed by atoms with Crippen LogP contribution in [0.2, 0.25) is 0 Å². The number of nitrogens with zero attached hydrogens (tertiary/aromatic N) is 10. The van der Waals surface area contributed by atoms with E-state index in [9.17, 15) is 47.9 Å². The van der Waals surface area contributed by atoms with Gasteiger partial charge in [-0.1, -0.05) is 137 Å². The lowest BCUT2D eigenvalue weighted by molar-refractivity contribution is -0.138. The third-order valence-corrected chi connectivity index (χ3v) is 26.3. The Morgan fingerprint density at radius 1 is 0.473 bits per heavy atom. The van der Waals surface area contributed by atoms with Gasteiger partial charge in [-0.05, 0) is 239 Å². The number of carboxylic acid groups (broad SMARTS) is 1. The second-order valence-corrected chi connectivity index (χ2v) is 35.3. The van der Waals surface area contributed by atoms with Crippen molar-refractivity contribution in [3.63, 3.8) is 0 Å². The molecule has 10 heterocycles. The Hall–Kier alpha value is -14.1. The molecule has 8 amide bonds. The topological polar surface area (TPSA) is 425 Å². The summed E-state index contributed by atoms with van der Waals surface area (Å²) in [6.45, 7) is 3.58. The fourth-order valence-corrected chi connectivity index (χ4v) is 18.6. The number of Topliss-reactive ketones (excluding diaryl/α,β-unsaturated/α-hetero) is 1. The molecule has 0 bridgehead atoms. The molecule has 6 aromatic heterocycles. The monoisotopic (exact) mass is 1760 g/mol. The highest BCUT2D eigenvalue weighted by atomic mass is 16.4. The highest BCUT2D eigenvalue weighted by molar-refractivity contribution is 6.26. The smallest absolute Gasteiger partial charge is 0.303 e. The van der Waals surface area contributed by atoms with Crippen molar-refractivity contribution in [1.29, 1.82) is 0 Å². The van der Waals surface area contributed by atoms with E-state index in [2.05, 4.69) is 128 Å². The van der Waals surface area contributed by atoms with Gasteiger partial charge in [-0.2, -0.15) is 0 Å². The minimum Gasteiger partial charge on any atom is -0.481 e. The number of carbonyl (C=O) groups is 10. The number of hydrogen-bond acceptors (Lipinski definition) is 21. The fourth-order valence-electron chi connectivity index (χ4n) is 18.6. The first-order valence-corrected chi connectivity index (χ1v) is 45.8. The number of ketones is 1. The summed E-state index contributed by atoms with van der Waals surface area (Å²) in [4.78, 5) is 154. The molecule has 2 saturated carbocycles. The Morgan fingerprint density at radius 2 is 0.947 bits per heavy atom. The van der Waals surface area contributed by atoms with E-state index in [1.807, 2.05) is 65.2 Å². The summed E-state index contributed by atoms with van der Waals surface area (Å²) >= 11 is 0. The summed E-state index contributed by atoms with van der Waals surface area (Å²) < 4.78 is 4.14. The minimum absolute atomic E-state index is 0.0756. The van der Waals surface area contributed by atoms with Crippen LogP contribution in [-0.4, -0.2) is 138 Å². The summed E-state index contributed by atoms with van der Waals surface area (Å²) in [7, 11) is 0. The lowest BCUT2D eigenvalue weighted by Crippen LogP contribution is -2.54. The number of fused-ring (bicyclic) bond motifs is 4. The Balaban J connectivity index is 0.000000159. The molecule has 4 aliphatic heterocycles. The quantitative estimate of drug-likeness (QED) is 0.0137. The molecule has 2 atom stereocenters. The van der Waals surface area contributed by atoms with E-state index < -0.39 is 65.3 Å². The van der Waals surface area contributed by atoms with Crippen LogP contribution in [0.25, 0.3) is 79.0 Å². The number of imidazole rings is 2. The van der Waals surface area contributed by atoms with Crippen LogP contribution in [-0.2, 0) is 59.0 Å². The number of aliphatic carboxylic acids is 1. The Labute approximate surface area is 759 Å². The van der Waals surface area contributed by atoms with E-state index in [-0.39, 0.29) is 60.0 Å². The average Bonchev–Trinajstić information content (AvgIpc) is 1.62. The number of amides is 8. The first-order chi connectivity index (χ1) is 63.5. The van der Waals surface area contributed by atoms with E-state index in [1.54, 1.807) is 42.7 Å². The highest BCUT2D eigenvalue weighted by Crippen LogP contribution is 2.45. The molecule has 12 N–H and O–H groups in total. The van der Waals surface area contributed by atoms with Crippen molar-refractivity contribution in [2.24, 2.45) is 11.5 Å². The molecule has 2 unspecified atom stereocenters. The van der Waals surface area contributed by atoms with Crippen molar-refractivity contribution in [2.75, 3.05) is 29.9 Å². The van der Waals surface area contributed by atoms with E-state index in [0.717, 1.165) is 197 Å². The van der Waals surface area contributed by atoms with Crippen LogP contribution in [0.5, 0.6) is 0 Å². The van der Waals surface area contributed by atoms with Gasteiger partial charge in [-0.25, -0.2) is 29.9 Å². The van der Waals surface area contributed by atoms with Crippen LogP contribution in [0.4, 0.5) is 17.3 Å². The summed E-state index contributed by atoms with van der Waals surface area (Å²) in [5.74, 6) is -2.27. The van der Waals surface area contributed by atoms with E-state index in [4.69, 9.17) is 48.0 Å². The number of nitrogens with two attached hydrogens (primary N) is 4. The summed E-state index contributed by atoms with van der Waals surface area (Å²) in [6.07, 6.45) is 25.0. The average molecular weight is 1760 g/mol. The molecule has 2 saturated heterocycles. The molecule has 28 nitrogen and oxygen atoms in total. The number of anilines is 3. The predicted octanol–water partition coefficient (Wildman–Crippen LogP) is 15.9. The molecule has 4 fully saturated rings. The van der Waals surface area contributed by atoms with Crippen molar-refractivity contribution in [3.05, 3.63) is 244 Å². The largest absolute Gasteiger partial charge is 0.481 e. The van der Waals surface area contributed by atoms with Crippen molar-refractivity contribution >= 4 is 98.7 Å². The second-order valence-electron chi connectivity index (χ2n) is 35.3. The molecule has 0 spiro atoms. The number of carbonyl (C=O) groups excluding carboxylic acids is 9. The molecule has 2 aliphatic carbocycles. The predicted molar refractivity (Wildman–Crippen MR) is 502 cm³/mol. The lowest BCUT2D eigenvalue weighted by Gasteiger charge is -2.39. The number of benzene rings is 6. The number of aromatic nitrogens is 8. The fraction of sp³-hybridized carbons (Fsp3) is 0.340. The number of hydrogen-bond donors (Lipinski definition) is 8. The Morgan fingerprint density at radius 3 is 1.46 bits per heavy atom. The van der Waals surface area contributed by atoms with Gasteiger partial charge in [-0.3, -0.25) is 77.5 Å². The molecule has 131 heavy (non-hydrogen) atoms. The number of nitrogen functional groups attached to an aromatic ring is 2. The van der Waals surface area contributed by atoms with Gasteiger partial charge in [0.2, 0.25) is 23.6 Å². The lowest BCUT2D eigenvalue weighted by atomic mass is 9.66. The number of piperidine rings is 2. The first-order valence-electron chi connectivity index (χ1n) is 45.8. The number of unbranched alkanes of at least 4 members (excludes halogenated alkanes) is 9. The molecular weight excluding hydrogens is 1650 g/mol. The molecule has 6 aliphatic rings. The number of pyridine rings is 4. The molecule has 12 aromatic rings. The number of rotatable bonds is 34. The SMILES string of the molecule is CC1(c2ccc(-n3c(-c4cccnc4N)nc4ccc(-c5cccc(CCN)c5)nc43)cc2)CCC1.Nc1ncccc1-c1nc2ccc(-c3cccc(CCCC(=O)CCCCCCCNc4cccc5c4C(=O)N(C4CCC(=O)NC4=O)C5=O)c3)nc2n1-c1ccc(C2(N)CCC2)cc1.O=C(O)CCCCCCCCc1cccc2c1C(=O)N(C1CCC(=O)NC1=O)C2=O. The molecule has 0 radical (unpaired) electrons. The number of nitrogens with one attached hydrogen (secondary N) is 3. The molecule has 6 aromatic carbocycles. The van der Waals surface area contributed by atoms with Gasteiger partial charge in [0.25, 0.3) is 23.6 Å². The third-order valence-electron chi connectivity index (χ3n) is 26.3. The van der Waals surface area contributed by atoms with Gasteiger partial charge in [-0.15, -0.1) is 0 Å². The van der Waals surface area contributed by atoms with Crippen LogP contribution in [0.15, 0.2) is 194 Å². The molecular formula is C103H109N17O11. The van der Waals surface area contributed by atoms with Crippen molar-refractivity contribution < 1.29 is 53.1 Å². The zero-order valence-electron chi connectivity index (χ0n) is 73.7. The minimum atomic E-state index is -0.998. The van der Waals surface area contributed by atoms with Crippen molar-refractivity contribution in [3.8, 4) is 56.7 Å². The maximum absolute atomic E-state index is 13.3. The van der Waals surface area contributed by atoms with Crippen molar-refractivity contribution in [2.45, 2.75) is 210 Å². The van der Waals surface area contributed by atoms with E-state index in [1.165, 1.54) is 30.4 Å².